The van der Waals surface area contributed by atoms with Crippen LogP contribution in [0.25, 0.3) is 11.0 Å². The number of nitrogens with zero attached hydrogens (tertiary/aromatic N) is 5. The fourth-order valence-electron chi connectivity index (χ4n) is 3.49. The van der Waals surface area contributed by atoms with Gasteiger partial charge in [-0.15, -0.1) is 0 Å². The van der Waals surface area contributed by atoms with Gasteiger partial charge in [0.15, 0.2) is 5.82 Å². The Morgan fingerprint density at radius 2 is 1.96 bits per heavy atom. The molecule has 0 amide bonds. The number of anilines is 1. The molecule has 0 spiro atoms. The second-order valence-corrected chi connectivity index (χ2v) is 6.76. The van der Waals surface area contributed by atoms with Crippen LogP contribution < -0.4 is 4.90 Å². The maximum Gasteiger partial charge on any atom is 0.158 e. The van der Waals surface area contributed by atoms with Gasteiger partial charge in [0.2, 0.25) is 0 Å². The van der Waals surface area contributed by atoms with Gasteiger partial charge in [-0.2, -0.15) is 0 Å². The van der Waals surface area contributed by atoms with Gasteiger partial charge >= 0.3 is 0 Å². The summed E-state index contributed by atoms with van der Waals surface area (Å²) in [5.74, 6) is 0.735. The van der Waals surface area contributed by atoms with Gasteiger partial charge < -0.3 is 4.90 Å². The van der Waals surface area contributed by atoms with Crippen LogP contribution in [0.2, 0.25) is 0 Å². The Morgan fingerprint density at radius 3 is 2.85 bits per heavy atom. The van der Waals surface area contributed by atoms with Gasteiger partial charge in [-0.1, -0.05) is 12.1 Å². The van der Waals surface area contributed by atoms with E-state index >= 15 is 0 Å². The molecule has 3 aromatic rings. The van der Waals surface area contributed by atoms with E-state index in [1.807, 2.05) is 25.1 Å². The molecule has 4 rings (SSSR count). The van der Waals surface area contributed by atoms with Crippen LogP contribution in [0.1, 0.15) is 17.7 Å². The molecule has 0 N–H and O–H groups in total. The summed E-state index contributed by atoms with van der Waals surface area (Å²) in [6.45, 7) is 6.46. The van der Waals surface area contributed by atoms with Crippen molar-refractivity contribution in [2.24, 2.45) is 0 Å². The van der Waals surface area contributed by atoms with E-state index in [1.165, 1.54) is 6.07 Å². The molecule has 2 aromatic heterocycles. The van der Waals surface area contributed by atoms with Crippen molar-refractivity contribution in [1.82, 2.24) is 19.9 Å². The highest BCUT2D eigenvalue weighted by atomic mass is 19.1. The molecule has 0 saturated carbocycles. The van der Waals surface area contributed by atoms with Crippen LogP contribution in [-0.4, -0.2) is 46.0 Å². The van der Waals surface area contributed by atoms with Crippen molar-refractivity contribution in [1.29, 1.82) is 0 Å². The molecular weight excluding hydrogens is 329 g/mol. The number of aromatic nitrogens is 3. The average Bonchev–Trinajstić information content (AvgIpc) is 2.87. The fraction of sp³-hybridized carbons (Fsp3) is 0.350. The number of rotatable bonds is 3. The number of halogens is 1. The number of hydrogen-bond donors (Lipinski definition) is 0. The van der Waals surface area contributed by atoms with E-state index in [4.69, 9.17) is 0 Å². The zero-order chi connectivity index (χ0) is 17.9. The van der Waals surface area contributed by atoms with Gasteiger partial charge in [0.1, 0.15) is 17.7 Å². The highest BCUT2D eigenvalue weighted by molar-refractivity contribution is 5.85. The second kappa shape index (κ2) is 7.33. The van der Waals surface area contributed by atoms with E-state index in [1.54, 1.807) is 18.5 Å². The minimum Gasteiger partial charge on any atom is -0.353 e. The van der Waals surface area contributed by atoms with Crippen LogP contribution >= 0.6 is 0 Å². The van der Waals surface area contributed by atoms with Crippen LogP contribution in [0.15, 0.2) is 42.7 Å². The maximum absolute atomic E-state index is 13.4. The summed E-state index contributed by atoms with van der Waals surface area (Å²) in [6, 6.07) is 10.8. The number of hydrogen-bond acceptors (Lipinski definition) is 5. The second-order valence-electron chi connectivity index (χ2n) is 6.76. The number of aryl methyl sites for hydroxylation is 1. The van der Waals surface area contributed by atoms with Crippen molar-refractivity contribution in [3.05, 3.63) is 59.8 Å². The van der Waals surface area contributed by atoms with Crippen molar-refractivity contribution >= 4 is 16.9 Å². The molecule has 1 aliphatic heterocycles. The third kappa shape index (κ3) is 3.65. The van der Waals surface area contributed by atoms with Crippen molar-refractivity contribution in [3.63, 3.8) is 0 Å². The molecule has 3 heterocycles. The summed E-state index contributed by atoms with van der Waals surface area (Å²) in [7, 11) is 0. The SMILES string of the molecule is Cc1ccc2ncnc(N3CCCN(Cc4cccc(F)c4)CC3)c2n1. The predicted octanol–water partition coefficient (Wildman–Crippen LogP) is 3.18. The summed E-state index contributed by atoms with van der Waals surface area (Å²) in [4.78, 5) is 18.2. The van der Waals surface area contributed by atoms with Crippen molar-refractivity contribution in [2.45, 2.75) is 19.9 Å². The fourth-order valence-corrected chi connectivity index (χ4v) is 3.49. The number of pyridine rings is 1. The van der Waals surface area contributed by atoms with E-state index < -0.39 is 0 Å². The molecule has 0 atom stereocenters. The van der Waals surface area contributed by atoms with Crippen LogP contribution in [-0.2, 0) is 6.54 Å². The maximum atomic E-state index is 13.4. The Labute approximate surface area is 152 Å². The van der Waals surface area contributed by atoms with Crippen LogP contribution in [0, 0.1) is 12.7 Å². The van der Waals surface area contributed by atoms with Gasteiger partial charge in [0.25, 0.3) is 0 Å². The van der Waals surface area contributed by atoms with E-state index in [-0.39, 0.29) is 5.82 Å². The molecule has 0 radical (unpaired) electrons. The molecule has 1 aliphatic rings. The zero-order valence-corrected chi connectivity index (χ0v) is 14.9. The van der Waals surface area contributed by atoms with E-state index in [9.17, 15) is 4.39 Å². The Morgan fingerprint density at radius 1 is 1.04 bits per heavy atom. The first kappa shape index (κ1) is 16.8. The van der Waals surface area contributed by atoms with Gasteiger partial charge in [-0.25, -0.2) is 19.3 Å². The van der Waals surface area contributed by atoms with E-state index in [0.29, 0.717) is 0 Å². The third-order valence-corrected chi connectivity index (χ3v) is 4.79. The molecule has 0 bridgehead atoms. The van der Waals surface area contributed by atoms with Gasteiger partial charge in [0, 0.05) is 38.4 Å². The van der Waals surface area contributed by atoms with Crippen LogP contribution in [0.5, 0.6) is 0 Å². The lowest BCUT2D eigenvalue weighted by atomic mass is 10.2. The molecule has 5 nitrogen and oxygen atoms in total. The molecule has 1 fully saturated rings. The molecule has 0 aliphatic carbocycles. The van der Waals surface area contributed by atoms with Crippen LogP contribution in [0.3, 0.4) is 0 Å². The molecule has 1 saturated heterocycles. The van der Waals surface area contributed by atoms with Crippen molar-refractivity contribution in [2.75, 3.05) is 31.1 Å². The molecule has 1 aromatic carbocycles. The lowest BCUT2D eigenvalue weighted by molar-refractivity contribution is 0.285. The molecule has 6 heteroatoms. The summed E-state index contributed by atoms with van der Waals surface area (Å²) in [5, 5.41) is 0. The Hall–Kier alpha value is -2.60. The summed E-state index contributed by atoms with van der Waals surface area (Å²) >= 11 is 0. The number of benzene rings is 1. The Kier molecular flexibility index (Phi) is 4.75. The minimum atomic E-state index is -0.173. The first-order chi connectivity index (χ1) is 12.7. The average molecular weight is 351 g/mol. The van der Waals surface area contributed by atoms with Gasteiger partial charge in [-0.05, 0) is 43.2 Å². The highest BCUT2D eigenvalue weighted by Crippen LogP contribution is 2.23. The largest absolute Gasteiger partial charge is 0.353 e. The molecular formula is C20H22FN5. The van der Waals surface area contributed by atoms with E-state index in [2.05, 4.69) is 24.8 Å². The highest BCUT2D eigenvalue weighted by Gasteiger charge is 2.19. The quantitative estimate of drug-likeness (QED) is 0.725. The normalized spacial score (nSPS) is 16.0. The molecule has 0 unspecified atom stereocenters. The molecule has 134 valence electrons. The van der Waals surface area contributed by atoms with Crippen molar-refractivity contribution < 1.29 is 4.39 Å². The predicted molar refractivity (Wildman–Crippen MR) is 101 cm³/mol. The summed E-state index contributed by atoms with van der Waals surface area (Å²) < 4.78 is 13.4. The van der Waals surface area contributed by atoms with Crippen molar-refractivity contribution in [3.8, 4) is 0 Å². The first-order valence-corrected chi connectivity index (χ1v) is 8.99. The lowest BCUT2D eigenvalue weighted by Crippen LogP contribution is -2.31. The monoisotopic (exact) mass is 351 g/mol. The zero-order valence-electron chi connectivity index (χ0n) is 14.9. The Balaban J connectivity index is 1.51. The third-order valence-electron chi connectivity index (χ3n) is 4.79. The van der Waals surface area contributed by atoms with Gasteiger partial charge in [-0.3, -0.25) is 4.90 Å². The minimum absolute atomic E-state index is 0.173. The van der Waals surface area contributed by atoms with E-state index in [0.717, 1.165) is 67.3 Å². The number of fused-ring (bicyclic) bond motifs is 1. The lowest BCUT2D eigenvalue weighted by Gasteiger charge is -2.23. The standard InChI is InChI=1S/C20H22FN5/c1-15-6-7-18-19(24-15)20(23-14-22-18)26-9-3-8-25(10-11-26)13-16-4-2-5-17(21)12-16/h2,4-7,12,14H,3,8-11,13H2,1H3. The summed E-state index contributed by atoms with van der Waals surface area (Å²) in [5.41, 5.74) is 3.73. The summed E-state index contributed by atoms with van der Waals surface area (Å²) in [6.07, 6.45) is 2.65. The van der Waals surface area contributed by atoms with Gasteiger partial charge in [0.05, 0.1) is 5.52 Å². The molecule has 26 heavy (non-hydrogen) atoms. The first-order valence-electron chi connectivity index (χ1n) is 8.99. The van der Waals surface area contributed by atoms with Crippen LogP contribution in [0.4, 0.5) is 10.2 Å². The Bertz CT molecular complexity index is 914. The topological polar surface area (TPSA) is 45.2 Å². The smallest absolute Gasteiger partial charge is 0.158 e.